The molecule has 0 aromatic rings. The molecule has 0 amide bonds. The van der Waals surface area contributed by atoms with E-state index < -0.39 is 5.97 Å². The van der Waals surface area contributed by atoms with Crippen LogP contribution in [0.25, 0.3) is 11.5 Å². The number of hydrogen-bond acceptors (Lipinski definition) is 5. The lowest BCUT2D eigenvalue weighted by Crippen LogP contribution is -2.05. The zero-order valence-corrected chi connectivity index (χ0v) is 8.98. The topological polar surface area (TPSA) is 72.6 Å². The molecular weight excluding hydrogens is 210 g/mol. The summed E-state index contributed by atoms with van der Waals surface area (Å²) in [7, 11) is 0. The monoisotopic (exact) mass is 221 g/mol. The van der Waals surface area contributed by atoms with Crippen LogP contribution < -0.4 is 0 Å². The first-order valence-corrected chi connectivity index (χ1v) is 4.88. The molecular formula is C11H11NO4. The average Bonchev–Trinajstić information content (AvgIpc) is 2.53. The van der Waals surface area contributed by atoms with E-state index in [1.165, 1.54) is 6.07 Å². The van der Waals surface area contributed by atoms with Crippen LogP contribution in [0.15, 0.2) is 16.7 Å². The highest BCUT2D eigenvalue weighted by atomic mass is 16.5. The summed E-state index contributed by atoms with van der Waals surface area (Å²) in [5.74, 6) is -0.147. The minimum atomic E-state index is -0.461. The Kier molecular flexibility index (Phi) is 2.52. The molecule has 0 radical (unpaired) electrons. The predicted octanol–water partition coefficient (Wildman–Crippen LogP) is 1.97. The van der Waals surface area contributed by atoms with Crippen molar-refractivity contribution in [3.05, 3.63) is 23.6 Å². The summed E-state index contributed by atoms with van der Waals surface area (Å²) in [5.41, 5.74) is 1.29. The van der Waals surface area contributed by atoms with Gasteiger partial charge in [-0.1, -0.05) is 0 Å². The molecule has 2 heterocycles. The molecule has 0 spiro atoms. The van der Waals surface area contributed by atoms with Gasteiger partial charge in [-0.25, -0.2) is 9.78 Å². The van der Waals surface area contributed by atoms with Gasteiger partial charge in [-0.15, -0.1) is 0 Å². The van der Waals surface area contributed by atoms with Gasteiger partial charge in [0.1, 0.15) is 17.5 Å². The van der Waals surface area contributed by atoms with E-state index in [4.69, 9.17) is 9.15 Å². The fraction of sp³-hybridized carbons (Fsp3) is 0.273. The van der Waals surface area contributed by atoms with Crippen molar-refractivity contribution in [2.45, 2.75) is 13.8 Å². The van der Waals surface area contributed by atoms with Crippen molar-refractivity contribution < 1.29 is 19.1 Å². The van der Waals surface area contributed by atoms with Crippen LogP contribution in [0.2, 0.25) is 0 Å². The summed E-state index contributed by atoms with van der Waals surface area (Å²) in [4.78, 5) is 15.8. The van der Waals surface area contributed by atoms with Crippen molar-refractivity contribution in [3.63, 3.8) is 0 Å². The van der Waals surface area contributed by atoms with Crippen molar-refractivity contribution in [3.8, 4) is 17.2 Å². The van der Waals surface area contributed by atoms with Crippen LogP contribution in [0.3, 0.4) is 0 Å². The fourth-order valence-electron chi connectivity index (χ4n) is 1.53. The normalized spacial score (nSPS) is 10.6. The maximum Gasteiger partial charge on any atom is 0.343 e. The average molecular weight is 221 g/mol. The van der Waals surface area contributed by atoms with Crippen LogP contribution in [-0.4, -0.2) is 22.7 Å². The van der Waals surface area contributed by atoms with Gasteiger partial charge >= 0.3 is 5.97 Å². The van der Waals surface area contributed by atoms with Gasteiger partial charge in [0.2, 0.25) is 0 Å². The molecule has 0 aliphatic carbocycles. The second-order valence-corrected chi connectivity index (χ2v) is 3.31. The van der Waals surface area contributed by atoms with Crippen molar-refractivity contribution >= 4 is 5.97 Å². The van der Waals surface area contributed by atoms with Gasteiger partial charge in [0.15, 0.2) is 11.5 Å². The van der Waals surface area contributed by atoms with Gasteiger partial charge in [0.25, 0.3) is 0 Å². The van der Waals surface area contributed by atoms with E-state index >= 15 is 0 Å². The first-order chi connectivity index (χ1) is 7.63. The molecule has 0 aromatic carbocycles. The maximum atomic E-state index is 11.6. The zero-order chi connectivity index (χ0) is 11.7. The SMILES string of the molecule is CCOC(=O)c1c(C)nc2cc(O)coc1-2. The molecule has 16 heavy (non-hydrogen) atoms. The quantitative estimate of drug-likeness (QED) is 0.785. The third-order valence-electron chi connectivity index (χ3n) is 2.17. The number of ether oxygens (including phenoxy) is 1. The van der Waals surface area contributed by atoms with E-state index in [1.807, 2.05) is 0 Å². The van der Waals surface area contributed by atoms with Gasteiger partial charge in [-0.2, -0.15) is 0 Å². The van der Waals surface area contributed by atoms with E-state index in [-0.39, 0.29) is 5.75 Å². The Morgan fingerprint density at radius 1 is 1.62 bits per heavy atom. The van der Waals surface area contributed by atoms with Gasteiger partial charge in [0, 0.05) is 6.07 Å². The maximum absolute atomic E-state index is 11.6. The van der Waals surface area contributed by atoms with Crippen molar-refractivity contribution in [2.75, 3.05) is 6.61 Å². The molecule has 2 aliphatic heterocycles. The lowest BCUT2D eigenvalue weighted by atomic mass is 10.2. The minimum absolute atomic E-state index is 0.0274. The third-order valence-corrected chi connectivity index (χ3v) is 2.17. The molecule has 0 atom stereocenters. The Balaban J connectivity index is 2.54. The Labute approximate surface area is 92.0 Å². The van der Waals surface area contributed by atoms with E-state index in [9.17, 15) is 9.90 Å². The number of carbonyl (C=O) groups excluding carboxylic acids is 1. The molecule has 0 saturated carbocycles. The van der Waals surface area contributed by atoms with Crippen LogP contribution in [0.4, 0.5) is 0 Å². The highest BCUT2D eigenvalue weighted by Gasteiger charge is 2.25. The first kappa shape index (κ1) is 10.5. The van der Waals surface area contributed by atoms with Crippen molar-refractivity contribution in [1.82, 2.24) is 4.98 Å². The van der Waals surface area contributed by atoms with E-state index in [0.29, 0.717) is 29.3 Å². The summed E-state index contributed by atoms with van der Waals surface area (Å²) >= 11 is 0. The zero-order valence-electron chi connectivity index (χ0n) is 8.98. The number of aryl methyl sites for hydroxylation is 1. The van der Waals surface area contributed by atoms with E-state index in [0.717, 1.165) is 6.26 Å². The third kappa shape index (κ3) is 1.60. The van der Waals surface area contributed by atoms with Gasteiger partial charge in [0.05, 0.1) is 12.3 Å². The lowest BCUT2D eigenvalue weighted by Gasteiger charge is -2.02. The molecule has 0 fully saturated rings. The molecule has 5 nitrogen and oxygen atoms in total. The predicted molar refractivity (Wildman–Crippen MR) is 55.5 cm³/mol. The van der Waals surface area contributed by atoms with Gasteiger partial charge in [-0.3, -0.25) is 0 Å². The summed E-state index contributed by atoms with van der Waals surface area (Å²) in [6, 6.07) is 1.44. The summed E-state index contributed by atoms with van der Waals surface area (Å²) in [6.45, 7) is 3.72. The van der Waals surface area contributed by atoms with Crippen LogP contribution in [-0.2, 0) is 4.74 Å². The second-order valence-electron chi connectivity index (χ2n) is 3.31. The Bertz CT molecular complexity index is 503. The number of rotatable bonds is 2. The molecule has 2 aliphatic rings. The van der Waals surface area contributed by atoms with Gasteiger partial charge < -0.3 is 14.3 Å². The Morgan fingerprint density at radius 2 is 2.38 bits per heavy atom. The molecule has 1 N–H and O–H groups in total. The first-order valence-electron chi connectivity index (χ1n) is 4.88. The van der Waals surface area contributed by atoms with Gasteiger partial charge in [-0.05, 0) is 13.8 Å². The number of fused-ring (bicyclic) bond motifs is 1. The molecule has 0 unspecified atom stereocenters. The summed E-state index contributed by atoms with van der Waals surface area (Å²) < 4.78 is 10.1. The minimum Gasteiger partial charge on any atom is -0.505 e. The number of hydrogen-bond donors (Lipinski definition) is 1. The van der Waals surface area contributed by atoms with E-state index in [2.05, 4.69) is 4.98 Å². The smallest absolute Gasteiger partial charge is 0.343 e. The molecule has 0 bridgehead atoms. The van der Waals surface area contributed by atoms with Crippen molar-refractivity contribution in [2.24, 2.45) is 0 Å². The lowest BCUT2D eigenvalue weighted by molar-refractivity contribution is 0.0524. The number of carbonyl (C=O) groups is 1. The largest absolute Gasteiger partial charge is 0.505 e. The standard InChI is InChI=1S/C11H11NO4/c1-3-15-11(14)9-6(2)12-8-4-7(13)5-16-10(8)9/h4-5,13H,3H2,1-2H3. The second kappa shape index (κ2) is 3.84. The summed E-state index contributed by atoms with van der Waals surface area (Å²) in [5, 5.41) is 9.22. The van der Waals surface area contributed by atoms with Crippen LogP contribution >= 0.6 is 0 Å². The summed E-state index contributed by atoms with van der Waals surface area (Å²) in [6.07, 6.45) is 1.16. The Morgan fingerprint density at radius 3 is 3.06 bits per heavy atom. The Hall–Kier alpha value is -2.04. The molecule has 2 rings (SSSR count). The van der Waals surface area contributed by atoms with E-state index in [1.54, 1.807) is 13.8 Å². The molecule has 84 valence electrons. The number of aromatic hydroxyl groups is 1. The molecule has 0 saturated heterocycles. The van der Waals surface area contributed by atoms with Crippen LogP contribution in [0, 0.1) is 6.92 Å². The number of aromatic nitrogens is 1. The molecule has 0 aromatic heterocycles. The highest BCUT2D eigenvalue weighted by molar-refractivity contribution is 5.97. The molecule has 5 heteroatoms. The van der Waals surface area contributed by atoms with Crippen molar-refractivity contribution in [1.29, 1.82) is 0 Å². The van der Waals surface area contributed by atoms with Crippen LogP contribution in [0.5, 0.6) is 5.75 Å². The van der Waals surface area contributed by atoms with Crippen LogP contribution in [0.1, 0.15) is 23.0 Å². The highest BCUT2D eigenvalue weighted by Crippen LogP contribution is 2.31. The number of esters is 1. The number of nitrogens with zero attached hydrogens (tertiary/aromatic N) is 1. The fourth-order valence-corrected chi connectivity index (χ4v) is 1.53.